The lowest BCUT2D eigenvalue weighted by Gasteiger charge is -2.30. The Hall–Kier alpha value is -2.05. The molecule has 1 aliphatic heterocycles. The van der Waals surface area contributed by atoms with Crippen LogP contribution < -0.4 is 0 Å². The van der Waals surface area contributed by atoms with Gasteiger partial charge in [0.2, 0.25) is 0 Å². The Morgan fingerprint density at radius 2 is 2.05 bits per heavy atom. The molecule has 7 heteroatoms. The first kappa shape index (κ1) is 15.3. The van der Waals surface area contributed by atoms with Gasteiger partial charge in [-0.05, 0) is 27.7 Å². The molecule has 1 aromatic rings. The lowest BCUT2D eigenvalue weighted by Crippen LogP contribution is -2.40. The van der Waals surface area contributed by atoms with Crippen LogP contribution in [0.25, 0.3) is 0 Å². The summed E-state index contributed by atoms with van der Waals surface area (Å²) in [5.74, 6) is 0. The number of ether oxygens (including phenoxy) is 2. The second-order valence-electron chi connectivity index (χ2n) is 5.88. The van der Waals surface area contributed by atoms with Crippen LogP contribution in [0.4, 0.5) is 9.59 Å². The fourth-order valence-electron chi connectivity index (χ4n) is 2.16. The van der Waals surface area contributed by atoms with Gasteiger partial charge < -0.3 is 14.4 Å². The van der Waals surface area contributed by atoms with E-state index >= 15 is 0 Å². The molecule has 0 aromatic carbocycles. The van der Waals surface area contributed by atoms with Crippen molar-refractivity contribution in [1.82, 2.24) is 14.7 Å². The molecule has 0 aliphatic carbocycles. The van der Waals surface area contributed by atoms with Crippen molar-refractivity contribution >= 4 is 12.2 Å². The molecule has 21 heavy (non-hydrogen) atoms. The molecule has 0 fully saturated rings. The molecule has 2 heterocycles. The molecule has 0 bridgehead atoms. The maximum Gasteiger partial charge on any atom is 0.434 e. The van der Waals surface area contributed by atoms with Gasteiger partial charge in [-0.3, -0.25) is 0 Å². The predicted molar refractivity (Wildman–Crippen MR) is 75.0 cm³/mol. The van der Waals surface area contributed by atoms with E-state index in [4.69, 9.17) is 9.47 Å². The van der Waals surface area contributed by atoms with E-state index in [9.17, 15) is 9.59 Å². The molecule has 0 saturated heterocycles. The number of nitrogens with zero attached hydrogens (tertiary/aromatic N) is 3. The van der Waals surface area contributed by atoms with Crippen molar-refractivity contribution in [3.8, 4) is 0 Å². The third-order valence-electron chi connectivity index (χ3n) is 3.03. The largest absolute Gasteiger partial charge is 0.448 e. The SMILES string of the molecule is CCOC(=O)n1ncc2c1CCN(C(=O)OC(C)(C)C)C2. The van der Waals surface area contributed by atoms with Crippen molar-refractivity contribution in [3.05, 3.63) is 17.5 Å². The number of carbonyl (C=O) groups excluding carboxylic acids is 2. The summed E-state index contributed by atoms with van der Waals surface area (Å²) < 4.78 is 11.6. The second-order valence-corrected chi connectivity index (χ2v) is 5.88. The zero-order valence-corrected chi connectivity index (χ0v) is 12.9. The fraction of sp³-hybridized carbons (Fsp3) is 0.643. The van der Waals surface area contributed by atoms with Gasteiger partial charge >= 0.3 is 12.2 Å². The van der Waals surface area contributed by atoms with Crippen LogP contribution in [0.2, 0.25) is 0 Å². The Labute approximate surface area is 123 Å². The summed E-state index contributed by atoms with van der Waals surface area (Å²) in [5, 5.41) is 4.05. The normalized spacial score (nSPS) is 14.6. The molecular weight excluding hydrogens is 274 g/mol. The first-order chi connectivity index (χ1) is 9.81. The standard InChI is InChI=1S/C14H21N3O4/c1-5-20-13(19)17-11-6-7-16(9-10(11)8-15-17)12(18)21-14(2,3)4/h8H,5-7,9H2,1-4H3. The van der Waals surface area contributed by atoms with Gasteiger partial charge in [-0.25, -0.2) is 9.59 Å². The van der Waals surface area contributed by atoms with Crippen molar-refractivity contribution in [3.63, 3.8) is 0 Å². The van der Waals surface area contributed by atoms with Crippen LogP contribution >= 0.6 is 0 Å². The van der Waals surface area contributed by atoms with Gasteiger partial charge in [0.1, 0.15) is 5.60 Å². The Morgan fingerprint density at radius 1 is 1.33 bits per heavy atom. The number of fused-ring (bicyclic) bond motifs is 1. The molecule has 0 spiro atoms. The van der Waals surface area contributed by atoms with Gasteiger partial charge in [-0.1, -0.05) is 0 Å². The summed E-state index contributed by atoms with van der Waals surface area (Å²) in [6.45, 7) is 8.43. The third kappa shape index (κ3) is 3.53. The number of rotatable bonds is 1. The highest BCUT2D eigenvalue weighted by Gasteiger charge is 2.29. The average molecular weight is 295 g/mol. The molecule has 0 atom stereocenters. The summed E-state index contributed by atoms with van der Waals surface area (Å²) >= 11 is 0. The molecule has 0 N–H and O–H groups in total. The molecule has 1 aliphatic rings. The minimum atomic E-state index is -0.521. The van der Waals surface area contributed by atoms with Gasteiger partial charge in [0, 0.05) is 18.5 Å². The molecule has 1 amide bonds. The zero-order valence-electron chi connectivity index (χ0n) is 12.9. The maximum absolute atomic E-state index is 12.1. The average Bonchev–Trinajstić information content (AvgIpc) is 2.79. The Morgan fingerprint density at radius 3 is 2.67 bits per heavy atom. The van der Waals surface area contributed by atoms with Gasteiger partial charge in [-0.2, -0.15) is 9.78 Å². The minimum Gasteiger partial charge on any atom is -0.448 e. The number of aromatic nitrogens is 2. The zero-order chi connectivity index (χ0) is 15.6. The Balaban J connectivity index is 2.09. The Kier molecular flexibility index (Phi) is 4.20. The van der Waals surface area contributed by atoms with E-state index in [1.807, 2.05) is 20.8 Å². The van der Waals surface area contributed by atoms with Crippen LogP contribution in [-0.2, 0) is 22.4 Å². The fourth-order valence-corrected chi connectivity index (χ4v) is 2.16. The van der Waals surface area contributed by atoms with Crippen molar-refractivity contribution < 1.29 is 19.1 Å². The highest BCUT2D eigenvalue weighted by Crippen LogP contribution is 2.21. The van der Waals surface area contributed by atoms with E-state index in [2.05, 4.69) is 5.10 Å². The van der Waals surface area contributed by atoms with Gasteiger partial charge in [0.15, 0.2) is 0 Å². The third-order valence-corrected chi connectivity index (χ3v) is 3.03. The topological polar surface area (TPSA) is 73.7 Å². The minimum absolute atomic E-state index is 0.303. The van der Waals surface area contributed by atoms with Crippen LogP contribution in [0.3, 0.4) is 0 Å². The van der Waals surface area contributed by atoms with Crippen LogP contribution in [0.5, 0.6) is 0 Å². The van der Waals surface area contributed by atoms with Gasteiger partial charge in [0.05, 0.1) is 25.0 Å². The summed E-state index contributed by atoms with van der Waals surface area (Å²) in [4.78, 5) is 25.4. The molecule has 0 saturated carbocycles. The van der Waals surface area contributed by atoms with E-state index in [0.29, 0.717) is 26.1 Å². The van der Waals surface area contributed by atoms with Gasteiger partial charge in [0.25, 0.3) is 0 Å². The molecule has 116 valence electrons. The molecule has 7 nitrogen and oxygen atoms in total. The summed E-state index contributed by atoms with van der Waals surface area (Å²) in [5.41, 5.74) is 1.13. The van der Waals surface area contributed by atoms with Crippen LogP contribution in [0, 0.1) is 0 Å². The molecule has 1 aromatic heterocycles. The van der Waals surface area contributed by atoms with Crippen LogP contribution in [0.15, 0.2) is 6.20 Å². The maximum atomic E-state index is 12.1. The summed E-state index contributed by atoms with van der Waals surface area (Å²) in [7, 11) is 0. The monoisotopic (exact) mass is 295 g/mol. The molecule has 0 radical (unpaired) electrons. The highest BCUT2D eigenvalue weighted by molar-refractivity contribution is 5.71. The molecule has 2 rings (SSSR count). The molecular formula is C14H21N3O4. The first-order valence-corrected chi connectivity index (χ1v) is 7.02. The van der Waals surface area contributed by atoms with Crippen LogP contribution in [-0.4, -0.2) is 45.6 Å². The predicted octanol–water partition coefficient (Wildman–Crippen LogP) is 2.18. The van der Waals surface area contributed by atoms with E-state index in [1.54, 1.807) is 18.0 Å². The second kappa shape index (κ2) is 5.75. The lowest BCUT2D eigenvalue weighted by atomic mass is 10.1. The summed E-state index contributed by atoms with van der Waals surface area (Å²) in [6, 6.07) is 0. The first-order valence-electron chi connectivity index (χ1n) is 7.02. The van der Waals surface area contributed by atoms with Crippen molar-refractivity contribution in [2.24, 2.45) is 0 Å². The number of hydrogen-bond acceptors (Lipinski definition) is 5. The number of hydrogen-bond donors (Lipinski definition) is 0. The van der Waals surface area contributed by atoms with E-state index in [1.165, 1.54) is 4.68 Å². The van der Waals surface area contributed by atoms with Crippen molar-refractivity contribution in [1.29, 1.82) is 0 Å². The molecule has 0 unspecified atom stereocenters. The van der Waals surface area contributed by atoms with Crippen molar-refractivity contribution in [2.45, 2.75) is 46.3 Å². The van der Waals surface area contributed by atoms with Crippen LogP contribution in [0.1, 0.15) is 39.0 Å². The Bertz CT molecular complexity index is 545. The van der Waals surface area contributed by atoms with Crippen molar-refractivity contribution in [2.75, 3.05) is 13.2 Å². The summed E-state index contributed by atoms with van der Waals surface area (Å²) in [6.07, 6.45) is 1.32. The highest BCUT2D eigenvalue weighted by atomic mass is 16.6. The number of amides is 1. The smallest absolute Gasteiger partial charge is 0.434 e. The van der Waals surface area contributed by atoms with Gasteiger partial charge in [-0.15, -0.1) is 0 Å². The van der Waals surface area contributed by atoms with E-state index < -0.39 is 11.7 Å². The van der Waals surface area contributed by atoms with E-state index in [-0.39, 0.29) is 6.09 Å². The van der Waals surface area contributed by atoms with E-state index in [0.717, 1.165) is 11.3 Å². The number of carbonyl (C=O) groups is 2. The lowest BCUT2D eigenvalue weighted by molar-refractivity contribution is 0.0223. The quantitative estimate of drug-likeness (QED) is 0.794.